The molecule has 1 saturated heterocycles. The van der Waals surface area contributed by atoms with E-state index in [1.54, 1.807) is 4.90 Å². The van der Waals surface area contributed by atoms with Crippen molar-refractivity contribution in [3.8, 4) is 0 Å². The van der Waals surface area contributed by atoms with Gasteiger partial charge in [-0.25, -0.2) is 9.18 Å². The first-order valence-corrected chi connectivity index (χ1v) is 6.54. The van der Waals surface area contributed by atoms with Gasteiger partial charge in [-0.3, -0.25) is 4.79 Å². The Morgan fingerprint density at radius 1 is 1.35 bits per heavy atom. The van der Waals surface area contributed by atoms with Gasteiger partial charge in [0.25, 0.3) is 5.91 Å². The molecule has 1 amide bonds. The van der Waals surface area contributed by atoms with Gasteiger partial charge in [0.05, 0.1) is 5.56 Å². The molecule has 5 nitrogen and oxygen atoms in total. The number of rotatable bonds is 3. The summed E-state index contributed by atoms with van der Waals surface area (Å²) in [4.78, 5) is 25.6. The first-order valence-electron chi connectivity index (χ1n) is 6.54. The molecule has 20 heavy (non-hydrogen) atoms. The minimum Gasteiger partial charge on any atom is -0.449 e. The third-order valence-corrected chi connectivity index (χ3v) is 3.28. The maximum absolute atomic E-state index is 13.1. The van der Waals surface area contributed by atoms with Crippen molar-refractivity contribution in [3.63, 3.8) is 0 Å². The largest absolute Gasteiger partial charge is 0.449 e. The minimum absolute atomic E-state index is 0.0638. The Hall–Kier alpha value is -2.11. The van der Waals surface area contributed by atoms with Crippen LogP contribution in [0.3, 0.4) is 0 Å². The SMILES string of the molecule is CC(OC(=O)c1cc(F)ccc1N)C(=O)N1CCCC1. The molecule has 0 aromatic heterocycles. The number of anilines is 1. The quantitative estimate of drug-likeness (QED) is 0.674. The number of nitrogens with two attached hydrogens (primary N) is 1. The summed E-state index contributed by atoms with van der Waals surface area (Å²) in [6.45, 7) is 2.87. The maximum Gasteiger partial charge on any atom is 0.341 e. The molecule has 2 rings (SSSR count). The summed E-state index contributed by atoms with van der Waals surface area (Å²) >= 11 is 0. The van der Waals surface area contributed by atoms with Gasteiger partial charge in [-0.2, -0.15) is 0 Å². The van der Waals surface area contributed by atoms with Gasteiger partial charge >= 0.3 is 5.97 Å². The Bertz CT molecular complexity index is 527. The number of carbonyl (C=O) groups excluding carboxylic acids is 2. The fourth-order valence-corrected chi connectivity index (χ4v) is 2.17. The third-order valence-electron chi connectivity index (χ3n) is 3.28. The van der Waals surface area contributed by atoms with Crippen LogP contribution >= 0.6 is 0 Å². The molecule has 108 valence electrons. The van der Waals surface area contributed by atoms with Crippen LogP contribution in [-0.2, 0) is 9.53 Å². The van der Waals surface area contributed by atoms with Crippen molar-refractivity contribution < 1.29 is 18.7 Å². The number of hydrogen-bond acceptors (Lipinski definition) is 4. The summed E-state index contributed by atoms with van der Waals surface area (Å²) in [7, 11) is 0. The molecule has 1 aliphatic rings. The highest BCUT2D eigenvalue weighted by Gasteiger charge is 2.26. The molecule has 0 radical (unpaired) electrons. The predicted octanol–water partition coefficient (Wildman–Crippen LogP) is 1.58. The molecule has 1 unspecified atom stereocenters. The lowest BCUT2D eigenvalue weighted by Crippen LogP contribution is -2.38. The highest BCUT2D eigenvalue weighted by molar-refractivity contribution is 5.96. The average Bonchev–Trinajstić information content (AvgIpc) is 2.94. The molecular weight excluding hydrogens is 263 g/mol. The summed E-state index contributed by atoms with van der Waals surface area (Å²) in [5.41, 5.74) is 5.66. The Kier molecular flexibility index (Phi) is 4.22. The highest BCUT2D eigenvalue weighted by atomic mass is 19.1. The minimum atomic E-state index is -0.900. The zero-order valence-electron chi connectivity index (χ0n) is 11.3. The normalized spacial score (nSPS) is 16.0. The van der Waals surface area contributed by atoms with Gasteiger partial charge < -0.3 is 15.4 Å². The van der Waals surface area contributed by atoms with E-state index >= 15 is 0 Å². The fraction of sp³-hybridized carbons (Fsp3) is 0.429. The molecule has 6 heteroatoms. The number of hydrogen-bond donors (Lipinski definition) is 1. The number of nitrogens with zero attached hydrogens (tertiary/aromatic N) is 1. The van der Waals surface area contributed by atoms with Gasteiger partial charge in [-0.1, -0.05) is 0 Å². The van der Waals surface area contributed by atoms with E-state index in [0.29, 0.717) is 13.1 Å². The van der Waals surface area contributed by atoms with Crippen molar-refractivity contribution in [1.82, 2.24) is 4.90 Å². The lowest BCUT2D eigenvalue weighted by molar-refractivity contribution is -0.138. The van der Waals surface area contributed by atoms with Gasteiger partial charge in [0.1, 0.15) is 5.82 Å². The van der Waals surface area contributed by atoms with Crippen LogP contribution in [0.2, 0.25) is 0 Å². The monoisotopic (exact) mass is 280 g/mol. The molecule has 0 bridgehead atoms. The first kappa shape index (κ1) is 14.3. The number of amides is 1. The molecule has 1 atom stereocenters. The standard InChI is InChI=1S/C14H17FN2O3/c1-9(13(18)17-6-2-3-7-17)20-14(19)11-8-10(15)4-5-12(11)16/h4-5,8-9H,2-3,6-7,16H2,1H3. The van der Waals surface area contributed by atoms with Crippen LogP contribution < -0.4 is 5.73 Å². The molecule has 1 heterocycles. The van der Waals surface area contributed by atoms with Crippen LogP contribution in [0.4, 0.5) is 10.1 Å². The van der Waals surface area contributed by atoms with Gasteiger partial charge in [-0.15, -0.1) is 0 Å². The highest BCUT2D eigenvalue weighted by Crippen LogP contribution is 2.17. The lowest BCUT2D eigenvalue weighted by atomic mass is 10.2. The van der Waals surface area contributed by atoms with Crippen molar-refractivity contribution >= 4 is 17.6 Å². The molecule has 0 spiro atoms. The van der Waals surface area contributed by atoms with Crippen molar-refractivity contribution in [2.45, 2.75) is 25.9 Å². The summed E-state index contributed by atoms with van der Waals surface area (Å²) in [6, 6.07) is 3.45. The second-order valence-corrected chi connectivity index (χ2v) is 4.81. The Balaban J connectivity index is 2.03. The number of halogens is 1. The Morgan fingerprint density at radius 3 is 2.65 bits per heavy atom. The van der Waals surface area contributed by atoms with Crippen LogP contribution in [0.25, 0.3) is 0 Å². The molecule has 1 aromatic rings. The van der Waals surface area contributed by atoms with Crippen LogP contribution in [0.15, 0.2) is 18.2 Å². The van der Waals surface area contributed by atoms with E-state index in [4.69, 9.17) is 10.5 Å². The van der Waals surface area contributed by atoms with E-state index in [1.165, 1.54) is 13.0 Å². The fourth-order valence-electron chi connectivity index (χ4n) is 2.17. The van der Waals surface area contributed by atoms with Crippen LogP contribution in [-0.4, -0.2) is 36.0 Å². The van der Waals surface area contributed by atoms with Crippen LogP contribution in [0.1, 0.15) is 30.1 Å². The molecule has 0 saturated carbocycles. The topological polar surface area (TPSA) is 72.6 Å². The van der Waals surface area contributed by atoms with Gasteiger partial charge in [0.2, 0.25) is 0 Å². The van der Waals surface area contributed by atoms with Crippen molar-refractivity contribution in [2.75, 3.05) is 18.8 Å². The smallest absolute Gasteiger partial charge is 0.341 e. The Morgan fingerprint density at radius 2 is 2.00 bits per heavy atom. The first-order chi connectivity index (χ1) is 9.49. The van der Waals surface area contributed by atoms with Crippen molar-refractivity contribution in [1.29, 1.82) is 0 Å². The molecule has 1 fully saturated rings. The number of nitrogen functional groups attached to an aromatic ring is 1. The van der Waals surface area contributed by atoms with Gasteiger partial charge in [-0.05, 0) is 38.0 Å². The zero-order valence-corrected chi connectivity index (χ0v) is 11.3. The lowest BCUT2D eigenvalue weighted by Gasteiger charge is -2.20. The molecule has 1 aliphatic heterocycles. The van der Waals surface area contributed by atoms with E-state index in [1.807, 2.05) is 0 Å². The van der Waals surface area contributed by atoms with Gasteiger partial charge in [0, 0.05) is 18.8 Å². The maximum atomic E-state index is 13.1. The molecular formula is C14H17FN2O3. The molecule has 1 aromatic carbocycles. The van der Waals surface area contributed by atoms with Crippen LogP contribution in [0.5, 0.6) is 0 Å². The van der Waals surface area contributed by atoms with Gasteiger partial charge in [0.15, 0.2) is 6.10 Å². The van der Waals surface area contributed by atoms with E-state index < -0.39 is 17.9 Å². The molecule has 0 aliphatic carbocycles. The zero-order chi connectivity index (χ0) is 14.7. The summed E-state index contributed by atoms with van der Waals surface area (Å²) in [5.74, 6) is -1.60. The predicted molar refractivity (Wildman–Crippen MR) is 71.5 cm³/mol. The van der Waals surface area contributed by atoms with Crippen LogP contribution in [0, 0.1) is 5.82 Å². The van der Waals surface area contributed by atoms with E-state index in [9.17, 15) is 14.0 Å². The van der Waals surface area contributed by atoms with Crippen molar-refractivity contribution in [3.05, 3.63) is 29.6 Å². The summed E-state index contributed by atoms with van der Waals surface area (Å²) < 4.78 is 18.2. The number of carbonyl (C=O) groups is 2. The summed E-state index contributed by atoms with van der Waals surface area (Å²) in [6.07, 6.45) is 1.02. The van der Waals surface area contributed by atoms with E-state index in [2.05, 4.69) is 0 Å². The molecule has 2 N–H and O–H groups in total. The number of likely N-dealkylation sites (tertiary alicyclic amines) is 1. The Labute approximate surface area is 116 Å². The third kappa shape index (κ3) is 3.07. The average molecular weight is 280 g/mol. The van der Waals surface area contributed by atoms with E-state index in [0.717, 1.165) is 25.0 Å². The second kappa shape index (κ2) is 5.90. The van der Waals surface area contributed by atoms with Crippen molar-refractivity contribution in [2.24, 2.45) is 0 Å². The number of esters is 1. The number of benzene rings is 1. The summed E-state index contributed by atoms with van der Waals surface area (Å²) in [5, 5.41) is 0. The number of ether oxygens (including phenoxy) is 1. The van der Waals surface area contributed by atoms with E-state index in [-0.39, 0.29) is 17.2 Å². The second-order valence-electron chi connectivity index (χ2n) is 4.81.